The zero-order valence-corrected chi connectivity index (χ0v) is 14.4. The minimum Gasteiger partial charge on any atom is -0.322 e. The van der Waals surface area contributed by atoms with E-state index in [9.17, 15) is 9.59 Å². The predicted molar refractivity (Wildman–Crippen MR) is 97.6 cm³/mol. The molecule has 26 heavy (non-hydrogen) atoms. The molecular weight excluding hydrogens is 330 g/mol. The maximum Gasteiger partial charge on any atom is 0.330 e. The molecule has 2 fully saturated rings. The zero-order valence-electron chi connectivity index (χ0n) is 14.4. The summed E-state index contributed by atoms with van der Waals surface area (Å²) in [5.41, 5.74) is 1.58. The van der Waals surface area contributed by atoms with Gasteiger partial charge in [-0.25, -0.2) is 14.7 Å². The van der Waals surface area contributed by atoms with Crippen molar-refractivity contribution >= 4 is 29.1 Å². The number of likely N-dealkylation sites (N-methyl/N-ethyl adjacent to an activating group) is 1. The molecule has 0 radical (unpaired) electrons. The van der Waals surface area contributed by atoms with Gasteiger partial charge in [0, 0.05) is 37.8 Å². The smallest absolute Gasteiger partial charge is 0.322 e. The maximum atomic E-state index is 13.5. The Kier molecular flexibility index (Phi) is 3.27. The fourth-order valence-electron chi connectivity index (χ4n) is 4.23. The highest BCUT2D eigenvalue weighted by molar-refractivity contribution is 6.16. The molecule has 5 rings (SSSR count). The third-order valence-electron chi connectivity index (χ3n) is 5.59. The number of carbonyl (C=O) groups excluding carboxylic acids is 2. The number of amides is 3. The summed E-state index contributed by atoms with van der Waals surface area (Å²) < 4.78 is 0. The SMILES string of the molecule is CN1CC2CN(C(=O)N3c4ccccc4C(=O)Nc4cccnc43)CC21. The zero-order chi connectivity index (χ0) is 17.8. The molecule has 7 heteroatoms. The number of pyridine rings is 1. The summed E-state index contributed by atoms with van der Waals surface area (Å²) in [7, 11) is 2.09. The van der Waals surface area contributed by atoms with Gasteiger partial charge in [-0.05, 0) is 31.3 Å². The summed E-state index contributed by atoms with van der Waals surface area (Å²) in [6.07, 6.45) is 1.64. The number of rotatable bonds is 0. The first-order valence-electron chi connectivity index (χ1n) is 8.78. The number of anilines is 3. The highest BCUT2D eigenvalue weighted by Crippen LogP contribution is 2.38. The van der Waals surface area contributed by atoms with Gasteiger partial charge in [0.25, 0.3) is 5.91 Å². The van der Waals surface area contributed by atoms with Gasteiger partial charge < -0.3 is 15.1 Å². The lowest BCUT2D eigenvalue weighted by Crippen LogP contribution is -2.52. The lowest BCUT2D eigenvalue weighted by atomic mass is 9.93. The fraction of sp³-hybridized carbons (Fsp3) is 0.316. The standard InChI is InChI=1S/C19H19N5O2/c1-22-9-12-10-23(11-16(12)22)19(26)24-15-7-3-2-5-13(15)18(25)21-14-6-4-8-20-17(14)24/h2-8,12,16H,9-11H2,1H3,(H,21,25). The molecule has 1 N–H and O–H groups in total. The molecule has 2 atom stereocenters. The van der Waals surface area contributed by atoms with Gasteiger partial charge in [0.05, 0.1) is 16.9 Å². The van der Waals surface area contributed by atoms with Crippen LogP contribution in [0.1, 0.15) is 10.4 Å². The number of benzene rings is 1. The molecule has 3 amide bonds. The minimum atomic E-state index is -0.230. The number of fused-ring (bicyclic) bond motifs is 3. The Morgan fingerprint density at radius 2 is 2.00 bits per heavy atom. The van der Waals surface area contributed by atoms with Crippen molar-refractivity contribution in [1.29, 1.82) is 0 Å². The lowest BCUT2D eigenvalue weighted by Gasteiger charge is -2.40. The van der Waals surface area contributed by atoms with E-state index in [0.717, 1.165) is 13.1 Å². The Morgan fingerprint density at radius 3 is 2.81 bits per heavy atom. The molecule has 1 aromatic heterocycles. The van der Waals surface area contributed by atoms with Crippen molar-refractivity contribution in [2.24, 2.45) is 5.92 Å². The van der Waals surface area contributed by atoms with Crippen molar-refractivity contribution in [1.82, 2.24) is 14.8 Å². The fourth-order valence-corrected chi connectivity index (χ4v) is 4.23. The third-order valence-corrected chi connectivity index (χ3v) is 5.59. The first-order chi connectivity index (χ1) is 12.6. The van der Waals surface area contributed by atoms with Crippen molar-refractivity contribution < 1.29 is 9.59 Å². The highest BCUT2D eigenvalue weighted by atomic mass is 16.2. The second kappa shape index (κ2) is 5.54. The lowest BCUT2D eigenvalue weighted by molar-refractivity contribution is 0.0826. The van der Waals surface area contributed by atoms with Crippen LogP contribution < -0.4 is 10.2 Å². The Morgan fingerprint density at radius 1 is 1.15 bits per heavy atom. The Hall–Kier alpha value is -2.93. The van der Waals surface area contributed by atoms with Crippen LogP contribution in [-0.4, -0.2) is 59.4 Å². The van der Waals surface area contributed by atoms with E-state index in [1.807, 2.05) is 11.0 Å². The van der Waals surface area contributed by atoms with Gasteiger partial charge in [-0.2, -0.15) is 0 Å². The van der Waals surface area contributed by atoms with Crippen molar-refractivity contribution in [3.63, 3.8) is 0 Å². The van der Waals surface area contributed by atoms with Gasteiger partial charge in [0.1, 0.15) is 0 Å². The number of urea groups is 1. The first-order valence-corrected chi connectivity index (χ1v) is 8.78. The predicted octanol–water partition coefficient (Wildman–Crippen LogP) is 2.15. The molecular formula is C19H19N5O2. The molecule has 2 saturated heterocycles. The van der Waals surface area contributed by atoms with Crippen LogP contribution in [0, 0.1) is 5.92 Å². The van der Waals surface area contributed by atoms with E-state index in [4.69, 9.17) is 0 Å². The molecule has 3 aliphatic heterocycles. The van der Waals surface area contributed by atoms with Crippen LogP contribution in [0.4, 0.5) is 22.0 Å². The summed E-state index contributed by atoms with van der Waals surface area (Å²) in [4.78, 5) is 36.2. The first kappa shape index (κ1) is 15.3. The largest absolute Gasteiger partial charge is 0.330 e. The molecule has 3 aliphatic rings. The molecule has 0 aliphatic carbocycles. The minimum absolute atomic E-state index is 0.128. The number of carbonyl (C=O) groups is 2. The summed E-state index contributed by atoms with van der Waals surface area (Å²) in [6, 6.07) is 11.0. The Labute approximate surface area is 151 Å². The number of nitrogens with zero attached hydrogens (tertiary/aromatic N) is 4. The van der Waals surface area contributed by atoms with E-state index in [-0.39, 0.29) is 11.9 Å². The average molecular weight is 349 g/mol. The number of para-hydroxylation sites is 1. The summed E-state index contributed by atoms with van der Waals surface area (Å²) >= 11 is 0. The van der Waals surface area contributed by atoms with Gasteiger partial charge in [-0.3, -0.25) is 4.79 Å². The second-order valence-electron chi connectivity index (χ2n) is 7.14. The molecule has 1 aromatic carbocycles. The number of likely N-dealkylation sites (tertiary alicyclic amines) is 2. The number of hydrogen-bond donors (Lipinski definition) is 1. The topological polar surface area (TPSA) is 68.8 Å². The van der Waals surface area contributed by atoms with Crippen molar-refractivity contribution in [3.05, 3.63) is 48.2 Å². The Balaban J connectivity index is 1.60. The van der Waals surface area contributed by atoms with Crippen molar-refractivity contribution in [3.8, 4) is 0 Å². The van der Waals surface area contributed by atoms with E-state index in [1.54, 1.807) is 41.4 Å². The van der Waals surface area contributed by atoms with Crippen LogP contribution in [0.25, 0.3) is 0 Å². The van der Waals surface area contributed by atoms with E-state index in [0.29, 0.717) is 41.3 Å². The molecule has 0 bridgehead atoms. The number of aromatic nitrogens is 1. The van der Waals surface area contributed by atoms with Crippen molar-refractivity contribution in [2.75, 3.05) is 36.9 Å². The van der Waals surface area contributed by atoms with Crippen molar-refractivity contribution in [2.45, 2.75) is 6.04 Å². The van der Waals surface area contributed by atoms with Gasteiger partial charge in [0.2, 0.25) is 0 Å². The number of hydrogen-bond acceptors (Lipinski definition) is 4. The van der Waals surface area contributed by atoms with Gasteiger partial charge >= 0.3 is 6.03 Å². The third kappa shape index (κ3) is 2.13. The van der Waals surface area contributed by atoms with Gasteiger partial charge in [0.15, 0.2) is 5.82 Å². The quantitative estimate of drug-likeness (QED) is 0.791. The van der Waals surface area contributed by atoms with Crippen LogP contribution in [0.3, 0.4) is 0 Å². The molecule has 2 aromatic rings. The molecule has 2 unspecified atom stereocenters. The summed E-state index contributed by atoms with van der Waals surface area (Å²) in [5.74, 6) is 0.768. The number of nitrogens with one attached hydrogen (secondary N) is 1. The van der Waals surface area contributed by atoms with E-state index in [1.165, 1.54) is 0 Å². The Bertz CT molecular complexity index is 914. The van der Waals surface area contributed by atoms with E-state index < -0.39 is 0 Å². The second-order valence-corrected chi connectivity index (χ2v) is 7.14. The van der Waals surface area contributed by atoms with Crippen LogP contribution in [0.5, 0.6) is 0 Å². The summed E-state index contributed by atoms with van der Waals surface area (Å²) in [6.45, 7) is 2.48. The van der Waals surface area contributed by atoms with E-state index >= 15 is 0 Å². The monoisotopic (exact) mass is 349 g/mol. The van der Waals surface area contributed by atoms with Crippen LogP contribution in [-0.2, 0) is 0 Å². The normalized spacial score (nSPS) is 24.1. The summed E-state index contributed by atoms with van der Waals surface area (Å²) in [5, 5.41) is 2.87. The molecule has 0 spiro atoms. The molecule has 7 nitrogen and oxygen atoms in total. The van der Waals surface area contributed by atoms with Crippen LogP contribution in [0.15, 0.2) is 42.6 Å². The maximum absolute atomic E-state index is 13.5. The highest BCUT2D eigenvalue weighted by Gasteiger charge is 2.46. The van der Waals surface area contributed by atoms with E-state index in [2.05, 4.69) is 22.2 Å². The van der Waals surface area contributed by atoms with Gasteiger partial charge in [-0.15, -0.1) is 0 Å². The van der Waals surface area contributed by atoms with Crippen LogP contribution in [0.2, 0.25) is 0 Å². The molecule has 4 heterocycles. The van der Waals surface area contributed by atoms with Gasteiger partial charge in [-0.1, -0.05) is 12.1 Å². The van der Waals surface area contributed by atoms with Crippen LogP contribution >= 0.6 is 0 Å². The molecule has 132 valence electrons. The average Bonchev–Trinajstić information content (AvgIpc) is 2.94. The molecule has 0 saturated carbocycles.